The Balaban J connectivity index is 2.43. The van der Waals surface area contributed by atoms with Crippen molar-refractivity contribution in [2.75, 3.05) is 19.6 Å². The Morgan fingerprint density at radius 2 is 2.08 bits per heavy atom. The van der Waals surface area contributed by atoms with E-state index < -0.39 is 0 Å². The molecule has 0 aromatic rings. The summed E-state index contributed by atoms with van der Waals surface area (Å²) in [4.78, 5) is 2.64. The van der Waals surface area contributed by atoms with Crippen LogP contribution in [0.3, 0.4) is 0 Å². The fourth-order valence-corrected chi connectivity index (χ4v) is 2.56. The molecule has 0 saturated carbocycles. The van der Waals surface area contributed by atoms with E-state index in [1.54, 1.807) is 0 Å². The monoisotopic (exact) mass is 183 g/mol. The molecule has 0 radical (unpaired) electrons. The molecule has 1 saturated heterocycles. The topological polar surface area (TPSA) is 3.24 Å². The van der Waals surface area contributed by atoms with Gasteiger partial charge >= 0.3 is 0 Å². The van der Waals surface area contributed by atoms with Gasteiger partial charge in [-0.2, -0.15) is 0 Å². The number of hydrogen-bond acceptors (Lipinski definition) is 1. The molecule has 0 aliphatic carbocycles. The van der Waals surface area contributed by atoms with Crippen molar-refractivity contribution in [2.24, 2.45) is 17.8 Å². The average Bonchev–Trinajstić information content (AvgIpc) is 2.08. The van der Waals surface area contributed by atoms with Crippen LogP contribution in [0.15, 0.2) is 0 Å². The van der Waals surface area contributed by atoms with Gasteiger partial charge in [-0.15, -0.1) is 0 Å². The summed E-state index contributed by atoms with van der Waals surface area (Å²) < 4.78 is 0. The molecule has 1 heteroatoms. The molecule has 2 unspecified atom stereocenters. The molecule has 0 bridgehead atoms. The Kier molecular flexibility index (Phi) is 4.24. The van der Waals surface area contributed by atoms with E-state index in [1.807, 2.05) is 0 Å². The lowest BCUT2D eigenvalue weighted by molar-refractivity contribution is 0.0981. The van der Waals surface area contributed by atoms with E-state index in [2.05, 4.69) is 32.6 Å². The van der Waals surface area contributed by atoms with Gasteiger partial charge in [0.05, 0.1) is 0 Å². The Bertz CT molecular complexity index is 142. The first-order valence-electron chi connectivity index (χ1n) is 5.87. The minimum Gasteiger partial charge on any atom is -0.303 e. The number of nitrogens with zero attached hydrogens (tertiary/aromatic N) is 1. The molecule has 1 aliphatic rings. The van der Waals surface area contributed by atoms with Crippen molar-refractivity contribution in [1.82, 2.24) is 4.90 Å². The van der Waals surface area contributed by atoms with Crippen LogP contribution in [0.25, 0.3) is 0 Å². The summed E-state index contributed by atoms with van der Waals surface area (Å²) >= 11 is 0. The van der Waals surface area contributed by atoms with Crippen molar-refractivity contribution in [3.05, 3.63) is 0 Å². The van der Waals surface area contributed by atoms with Gasteiger partial charge in [-0.3, -0.25) is 0 Å². The van der Waals surface area contributed by atoms with Crippen LogP contribution < -0.4 is 0 Å². The highest BCUT2D eigenvalue weighted by molar-refractivity contribution is 4.79. The number of piperidine rings is 1. The smallest absolute Gasteiger partial charge is 0.00147 e. The molecule has 78 valence electrons. The van der Waals surface area contributed by atoms with Crippen molar-refractivity contribution in [3.63, 3.8) is 0 Å². The SMILES string of the molecule is CCCN1CCC(C)C(C(C)C)C1. The van der Waals surface area contributed by atoms with E-state index in [4.69, 9.17) is 0 Å². The quantitative estimate of drug-likeness (QED) is 0.650. The van der Waals surface area contributed by atoms with Gasteiger partial charge in [0.1, 0.15) is 0 Å². The Morgan fingerprint density at radius 1 is 1.38 bits per heavy atom. The number of hydrogen-bond donors (Lipinski definition) is 0. The second-order valence-corrected chi connectivity index (χ2v) is 4.97. The summed E-state index contributed by atoms with van der Waals surface area (Å²) in [5.74, 6) is 2.73. The van der Waals surface area contributed by atoms with Crippen LogP contribution in [0.2, 0.25) is 0 Å². The summed E-state index contributed by atoms with van der Waals surface area (Å²) in [6.45, 7) is 13.4. The van der Waals surface area contributed by atoms with E-state index >= 15 is 0 Å². The third kappa shape index (κ3) is 2.98. The van der Waals surface area contributed by atoms with Gasteiger partial charge in [0, 0.05) is 6.54 Å². The zero-order valence-corrected chi connectivity index (χ0v) is 9.71. The molecule has 1 fully saturated rings. The maximum atomic E-state index is 2.64. The number of likely N-dealkylation sites (tertiary alicyclic amines) is 1. The summed E-state index contributed by atoms with van der Waals surface area (Å²) in [6.07, 6.45) is 2.71. The van der Waals surface area contributed by atoms with E-state index in [0.29, 0.717) is 0 Å². The molecule has 1 rings (SSSR count). The Hall–Kier alpha value is -0.0400. The predicted octanol–water partition coefficient (Wildman–Crippen LogP) is 3.01. The molecule has 0 aromatic carbocycles. The van der Waals surface area contributed by atoms with E-state index in [0.717, 1.165) is 17.8 Å². The molecule has 1 heterocycles. The fourth-order valence-electron chi connectivity index (χ4n) is 2.56. The zero-order valence-electron chi connectivity index (χ0n) is 9.71. The fraction of sp³-hybridized carbons (Fsp3) is 1.00. The van der Waals surface area contributed by atoms with E-state index in [-0.39, 0.29) is 0 Å². The van der Waals surface area contributed by atoms with Crippen molar-refractivity contribution < 1.29 is 0 Å². The van der Waals surface area contributed by atoms with Gasteiger partial charge < -0.3 is 4.90 Å². The minimum absolute atomic E-state index is 0.856. The Morgan fingerprint density at radius 3 is 2.62 bits per heavy atom. The van der Waals surface area contributed by atoms with Gasteiger partial charge in [0.25, 0.3) is 0 Å². The van der Waals surface area contributed by atoms with E-state index in [9.17, 15) is 0 Å². The molecular formula is C12H25N. The normalized spacial score (nSPS) is 31.2. The molecule has 0 aromatic heterocycles. The highest BCUT2D eigenvalue weighted by atomic mass is 15.1. The van der Waals surface area contributed by atoms with Crippen LogP contribution >= 0.6 is 0 Å². The first-order chi connectivity index (χ1) is 6.15. The summed E-state index contributed by atoms with van der Waals surface area (Å²) in [5, 5.41) is 0. The van der Waals surface area contributed by atoms with Crippen LogP contribution in [0, 0.1) is 17.8 Å². The minimum atomic E-state index is 0.856. The predicted molar refractivity (Wildman–Crippen MR) is 58.8 cm³/mol. The third-order valence-corrected chi connectivity index (χ3v) is 3.50. The van der Waals surface area contributed by atoms with Crippen molar-refractivity contribution in [3.8, 4) is 0 Å². The average molecular weight is 183 g/mol. The third-order valence-electron chi connectivity index (χ3n) is 3.50. The molecule has 1 nitrogen and oxygen atoms in total. The molecule has 13 heavy (non-hydrogen) atoms. The summed E-state index contributed by atoms with van der Waals surface area (Å²) in [7, 11) is 0. The first kappa shape index (κ1) is 11.0. The lowest BCUT2D eigenvalue weighted by Crippen LogP contribution is -2.41. The molecule has 0 spiro atoms. The van der Waals surface area contributed by atoms with Crippen LogP contribution in [-0.2, 0) is 0 Å². The summed E-state index contributed by atoms with van der Waals surface area (Å²) in [6, 6.07) is 0. The molecule has 0 N–H and O–H groups in total. The molecule has 1 aliphatic heterocycles. The van der Waals surface area contributed by atoms with E-state index in [1.165, 1.54) is 32.5 Å². The van der Waals surface area contributed by atoms with Crippen LogP contribution in [0.1, 0.15) is 40.5 Å². The van der Waals surface area contributed by atoms with Crippen molar-refractivity contribution in [2.45, 2.75) is 40.5 Å². The summed E-state index contributed by atoms with van der Waals surface area (Å²) in [5.41, 5.74) is 0. The second kappa shape index (κ2) is 4.99. The lowest BCUT2D eigenvalue weighted by Gasteiger charge is -2.39. The van der Waals surface area contributed by atoms with Gasteiger partial charge in [-0.25, -0.2) is 0 Å². The van der Waals surface area contributed by atoms with Crippen molar-refractivity contribution >= 4 is 0 Å². The van der Waals surface area contributed by atoms with Crippen LogP contribution in [0.5, 0.6) is 0 Å². The largest absolute Gasteiger partial charge is 0.303 e. The maximum Gasteiger partial charge on any atom is 0.00147 e. The highest BCUT2D eigenvalue weighted by Gasteiger charge is 2.27. The molecule has 2 atom stereocenters. The van der Waals surface area contributed by atoms with Crippen molar-refractivity contribution in [1.29, 1.82) is 0 Å². The highest BCUT2D eigenvalue weighted by Crippen LogP contribution is 2.28. The van der Waals surface area contributed by atoms with Crippen LogP contribution in [-0.4, -0.2) is 24.5 Å². The van der Waals surface area contributed by atoms with Crippen LogP contribution in [0.4, 0.5) is 0 Å². The zero-order chi connectivity index (χ0) is 9.84. The molecule has 0 amide bonds. The molecular weight excluding hydrogens is 158 g/mol. The standard InChI is InChI=1S/C12H25N/c1-5-7-13-8-6-11(4)12(9-13)10(2)3/h10-12H,5-9H2,1-4H3. The maximum absolute atomic E-state index is 2.64. The van der Waals surface area contributed by atoms with Gasteiger partial charge in [-0.05, 0) is 43.7 Å². The lowest BCUT2D eigenvalue weighted by atomic mass is 9.79. The number of rotatable bonds is 3. The Labute approximate surface area is 83.5 Å². The second-order valence-electron chi connectivity index (χ2n) is 4.97. The first-order valence-corrected chi connectivity index (χ1v) is 5.87. The van der Waals surface area contributed by atoms with Gasteiger partial charge in [0.15, 0.2) is 0 Å². The van der Waals surface area contributed by atoms with Gasteiger partial charge in [0.2, 0.25) is 0 Å². The van der Waals surface area contributed by atoms with Gasteiger partial charge in [-0.1, -0.05) is 27.7 Å².